The molecule has 5 heteroatoms. The molecule has 0 radical (unpaired) electrons. The largest absolute Gasteiger partial charge is 0.345 e. The fourth-order valence-electron chi connectivity index (χ4n) is 3.81. The molecular formula is C25H23FN2O2. The van der Waals surface area contributed by atoms with Crippen LogP contribution in [0.25, 0.3) is 0 Å². The number of aryl methyl sites for hydroxylation is 1. The van der Waals surface area contributed by atoms with Gasteiger partial charge in [-0.15, -0.1) is 0 Å². The maximum atomic E-state index is 14.1. The summed E-state index contributed by atoms with van der Waals surface area (Å²) in [5, 5.41) is 3.11. The highest BCUT2D eigenvalue weighted by Crippen LogP contribution is 2.29. The Morgan fingerprint density at radius 1 is 0.967 bits per heavy atom. The van der Waals surface area contributed by atoms with Crippen LogP contribution in [0.4, 0.5) is 10.1 Å². The van der Waals surface area contributed by atoms with Crippen molar-refractivity contribution in [3.05, 3.63) is 101 Å². The number of hydrogen-bond acceptors (Lipinski definition) is 2. The van der Waals surface area contributed by atoms with Gasteiger partial charge in [-0.25, -0.2) is 4.39 Å². The Morgan fingerprint density at radius 2 is 1.60 bits per heavy atom. The fourth-order valence-corrected chi connectivity index (χ4v) is 3.81. The van der Waals surface area contributed by atoms with Crippen LogP contribution in [-0.4, -0.2) is 18.4 Å². The molecule has 0 aromatic heterocycles. The summed E-state index contributed by atoms with van der Waals surface area (Å²) in [7, 11) is 0. The van der Waals surface area contributed by atoms with Gasteiger partial charge in [-0.3, -0.25) is 9.59 Å². The third-order valence-corrected chi connectivity index (χ3v) is 5.47. The number of nitrogens with zero attached hydrogens (tertiary/aromatic N) is 1. The lowest BCUT2D eigenvalue weighted by Crippen LogP contribution is -2.36. The van der Waals surface area contributed by atoms with Crippen molar-refractivity contribution in [3.8, 4) is 0 Å². The van der Waals surface area contributed by atoms with Crippen LogP contribution in [-0.2, 0) is 9.59 Å². The lowest BCUT2D eigenvalue weighted by atomic mass is 9.96. The van der Waals surface area contributed by atoms with Crippen molar-refractivity contribution in [1.29, 1.82) is 0 Å². The van der Waals surface area contributed by atoms with E-state index in [0.717, 1.165) is 16.7 Å². The Labute approximate surface area is 175 Å². The van der Waals surface area contributed by atoms with E-state index >= 15 is 0 Å². The lowest BCUT2D eigenvalue weighted by Gasteiger charge is -2.22. The molecule has 152 valence electrons. The van der Waals surface area contributed by atoms with Gasteiger partial charge in [-0.2, -0.15) is 0 Å². The Morgan fingerprint density at radius 3 is 2.30 bits per heavy atom. The molecule has 1 N–H and O–H groups in total. The average molecular weight is 402 g/mol. The zero-order chi connectivity index (χ0) is 21.1. The van der Waals surface area contributed by atoms with Gasteiger partial charge in [0.25, 0.3) is 0 Å². The first-order chi connectivity index (χ1) is 14.5. The lowest BCUT2D eigenvalue weighted by molar-refractivity contribution is -0.126. The summed E-state index contributed by atoms with van der Waals surface area (Å²) in [4.78, 5) is 26.9. The van der Waals surface area contributed by atoms with E-state index in [2.05, 4.69) is 5.32 Å². The van der Waals surface area contributed by atoms with Gasteiger partial charge in [-0.05, 0) is 30.2 Å². The molecule has 0 bridgehead atoms. The van der Waals surface area contributed by atoms with Gasteiger partial charge in [0.2, 0.25) is 11.8 Å². The van der Waals surface area contributed by atoms with Crippen LogP contribution in [0, 0.1) is 18.7 Å². The predicted molar refractivity (Wildman–Crippen MR) is 114 cm³/mol. The first-order valence-corrected chi connectivity index (χ1v) is 9.99. The number of benzene rings is 3. The highest BCUT2D eigenvalue weighted by atomic mass is 19.1. The Balaban J connectivity index is 1.55. The maximum absolute atomic E-state index is 14.1. The summed E-state index contributed by atoms with van der Waals surface area (Å²) in [6, 6.07) is 23.6. The quantitative estimate of drug-likeness (QED) is 0.688. The first kappa shape index (κ1) is 19.8. The third-order valence-electron chi connectivity index (χ3n) is 5.47. The molecule has 4 rings (SSSR count). The van der Waals surface area contributed by atoms with Crippen LogP contribution < -0.4 is 10.2 Å². The predicted octanol–water partition coefficient (Wildman–Crippen LogP) is 4.39. The molecule has 0 spiro atoms. The van der Waals surface area contributed by atoms with Crippen LogP contribution in [0.15, 0.2) is 78.9 Å². The zero-order valence-corrected chi connectivity index (χ0v) is 16.7. The molecule has 30 heavy (non-hydrogen) atoms. The average Bonchev–Trinajstić information content (AvgIpc) is 3.15. The Kier molecular flexibility index (Phi) is 5.61. The van der Waals surface area contributed by atoms with E-state index in [4.69, 9.17) is 0 Å². The van der Waals surface area contributed by atoms with Crippen molar-refractivity contribution in [3.63, 3.8) is 0 Å². The molecule has 0 saturated carbocycles. The molecule has 1 fully saturated rings. The number of carbonyl (C=O) groups excluding carboxylic acids is 2. The molecule has 2 unspecified atom stereocenters. The van der Waals surface area contributed by atoms with Crippen LogP contribution in [0.3, 0.4) is 0 Å². The second-order valence-electron chi connectivity index (χ2n) is 7.62. The number of halogens is 1. The minimum absolute atomic E-state index is 0.0651. The number of para-hydroxylation sites is 1. The van der Waals surface area contributed by atoms with Gasteiger partial charge >= 0.3 is 0 Å². The number of amides is 2. The Bertz CT molecular complexity index is 1050. The van der Waals surface area contributed by atoms with Crippen molar-refractivity contribution in [2.75, 3.05) is 11.4 Å². The molecule has 1 aliphatic rings. The number of rotatable bonds is 5. The molecule has 1 heterocycles. The van der Waals surface area contributed by atoms with Gasteiger partial charge in [0.1, 0.15) is 5.82 Å². The third kappa shape index (κ3) is 4.10. The van der Waals surface area contributed by atoms with Crippen molar-refractivity contribution < 1.29 is 14.0 Å². The highest BCUT2D eigenvalue weighted by molar-refractivity contribution is 6.00. The van der Waals surface area contributed by atoms with Gasteiger partial charge in [0, 0.05) is 13.0 Å². The minimum Gasteiger partial charge on any atom is -0.345 e. The summed E-state index contributed by atoms with van der Waals surface area (Å²) in [6.45, 7) is 2.18. The summed E-state index contributed by atoms with van der Waals surface area (Å²) >= 11 is 0. The number of hydrogen-bond donors (Lipinski definition) is 1. The van der Waals surface area contributed by atoms with Crippen LogP contribution in [0.5, 0.6) is 0 Å². The van der Waals surface area contributed by atoms with E-state index in [0.29, 0.717) is 0 Å². The number of carbonyl (C=O) groups is 2. The van der Waals surface area contributed by atoms with Crippen molar-refractivity contribution in [1.82, 2.24) is 5.32 Å². The molecule has 1 saturated heterocycles. The smallest absolute Gasteiger partial charge is 0.227 e. The molecule has 3 aromatic rings. The molecular weight excluding hydrogens is 379 g/mol. The van der Waals surface area contributed by atoms with E-state index in [-0.39, 0.29) is 36.5 Å². The fraction of sp³-hybridized carbons (Fsp3) is 0.200. The van der Waals surface area contributed by atoms with Crippen molar-refractivity contribution in [2.45, 2.75) is 19.4 Å². The topological polar surface area (TPSA) is 49.4 Å². The van der Waals surface area contributed by atoms with Crippen LogP contribution in [0.2, 0.25) is 0 Å². The van der Waals surface area contributed by atoms with Gasteiger partial charge in [0.05, 0.1) is 17.6 Å². The highest BCUT2D eigenvalue weighted by Gasteiger charge is 2.37. The van der Waals surface area contributed by atoms with E-state index < -0.39 is 11.7 Å². The van der Waals surface area contributed by atoms with Gasteiger partial charge < -0.3 is 10.2 Å². The summed E-state index contributed by atoms with van der Waals surface area (Å²) in [5.41, 5.74) is 3.29. The standard InChI is InChI=1S/C25H23FN2O2/c1-17-11-13-19(14-12-17)24(18-7-3-2-4-8-18)27-25(30)20-15-23(29)28(16-20)22-10-6-5-9-21(22)26/h2-14,20,24H,15-16H2,1H3,(H,27,30). The summed E-state index contributed by atoms with van der Waals surface area (Å²) in [6.07, 6.45) is 0.0651. The Hall–Kier alpha value is -3.47. The van der Waals surface area contributed by atoms with Crippen molar-refractivity contribution >= 4 is 17.5 Å². The molecule has 0 aliphatic carbocycles. The zero-order valence-electron chi connectivity index (χ0n) is 16.7. The van der Waals surface area contributed by atoms with Gasteiger partial charge in [0.15, 0.2) is 0 Å². The molecule has 2 atom stereocenters. The van der Waals surface area contributed by atoms with Crippen LogP contribution >= 0.6 is 0 Å². The van der Waals surface area contributed by atoms with Crippen LogP contribution in [0.1, 0.15) is 29.2 Å². The first-order valence-electron chi connectivity index (χ1n) is 9.99. The molecule has 3 aromatic carbocycles. The maximum Gasteiger partial charge on any atom is 0.227 e. The normalized spacial score (nSPS) is 17.1. The molecule has 4 nitrogen and oxygen atoms in total. The van der Waals surface area contributed by atoms with E-state index in [9.17, 15) is 14.0 Å². The monoisotopic (exact) mass is 402 g/mol. The van der Waals surface area contributed by atoms with Gasteiger partial charge in [-0.1, -0.05) is 72.3 Å². The molecule has 2 amide bonds. The summed E-state index contributed by atoms with van der Waals surface area (Å²) < 4.78 is 14.1. The van der Waals surface area contributed by atoms with Crippen molar-refractivity contribution in [2.24, 2.45) is 5.92 Å². The minimum atomic E-state index is -0.534. The van der Waals surface area contributed by atoms with E-state index in [1.807, 2.05) is 61.5 Å². The summed E-state index contributed by atoms with van der Waals surface area (Å²) in [5.74, 6) is -1.45. The second kappa shape index (κ2) is 8.49. The second-order valence-corrected chi connectivity index (χ2v) is 7.62. The van der Waals surface area contributed by atoms with E-state index in [1.54, 1.807) is 18.2 Å². The molecule has 1 aliphatic heterocycles. The van der Waals surface area contributed by atoms with E-state index in [1.165, 1.54) is 11.0 Å². The SMILES string of the molecule is Cc1ccc(C(NC(=O)C2CC(=O)N(c3ccccc3F)C2)c2ccccc2)cc1. The number of anilines is 1. The number of nitrogens with one attached hydrogen (secondary N) is 1.